The van der Waals surface area contributed by atoms with E-state index in [4.69, 9.17) is 6.42 Å². The molecule has 3 heteroatoms. The standard InChI is InChI=1S/C13H16N2O/c1-3-4-5-10-14-13(16)15-12-8-6-11(2)7-9-12/h1,6-9H,4-5,10H2,2H3,(H2,14,15,16). The van der Waals surface area contributed by atoms with Crippen molar-refractivity contribution in [2.75, 3.05) is 11.9 Å². The van der Waals surface area contributed by atoms with E-state index >= 15 is 0 Å². The number of anilines is 1. The van der Waals surface area contributed by atoms with Gasteiger partial charge in [-0.05, 0) is 25.5 Å². The van der Waals surface area contributed by atoms with Gasteiger partial charge in [0.1, 0.15) is 0 Å². The normalized spacial score (nSPS) is 9.25. The van der Waals surface area contributed by atoms with E-state index in [1.807, 2.05) is 31.2 Å². The van der Waals surface area contributed by atoms with E-state index in [2.05, 4.69) is 16.6 Å². The molecule has 0 aliphatic carbocycles. The molecule has 0 heterocycles. The van der Waals surface area contributed by atoms with Crippen molar-refractivity contribution in [2.45, 2.75) is 19.8 Å². The van der Waals surface area contributed by atoms with E-state index in [1.165, 1.54) is 5.56 Å². The largest absolute Gasteiger partial charge is 0.338 e. The third-order valence-electron chi connectivity index (χ3n) is 2.09. The first-order valence-corrected chi connectivity index (χ1v) is 5.27. The molecular weight excluding hydrogens is 200 g/mol. The van der Waals surface area contributed by atoms with Crippen LogP contribution < -0.4 is 10.6 Å². The smallest absolute Gasteiger partial charge is 0.319 e. The lowest BCUT2D eigenvalue weighted by Gasteiger charge is -2.06. The molecule has 3 nitrogen and oxygen atoms in total. The monoisotopic (exact) mass is 216 g/mol. The van der Waals surface area contributed by atoms with Gasteiger partial charge in [-0.15, -0.1) is 12.3 Å². The lowest BCUT2D eigenvalue weighted by Crippen LogP contribution is -2.29. The molecule has 0 aliphatic rings. The number of rotatable bonds is 4. The summed E-state index contributed by atoms with van der Waals surface area (Å²) in [6.45, 7) is 2.60. The SMILES string of the molecule is C#CCCCNC(=O)Nc1ccc(C)cc1. The number of hydrogen-bond donors (Lipinski definition) is 2. The van der Waals surface area contributed by atoms with Gasteiger partial charge in [-0.3, -0.25) is 0 Å². The summed E-state index contributed by atoms with van der Waals surface area (Å²) in [4.78, 5) is 11.4. The molecule has 1 aromatic rings. The third-order valence-corrected chi connectivity index (χ3v) is 2.09. The zero-order valence-corrected chi connectivity index (χ0v) is 9.42. The van der Waals surface area contributed by atoms with Crippen LogP contribution in [0.25, 0.3) is 0 Å². The van der Waals surface area contributed by atoms with Crippen molar-refractivity contribution in [1.29, 1.82) is 0 Å². The number of carbonyl (C=O) groups is 1. The van der Waals surface area contributed by atoms with E-state index in [0.717, 1.165) is 12.1 Å². The minimum atomic E-state index is -0.194. The molecule has 0 aliphatic heterocycles. The molecule has 16 heavy (non-hydrogen) atoms. The van der Waals surface area contributed by atoms with Gasteiger partial charge in [0.15, 0.2) is 0 Å². The number of urea groups is 1. The van der Waals surface area contributed by atoms with Crippen LogP contribution in [-0.4, -0.2) is 12.6 Å². The molecule has 1 aromatic carbocycles. The first-order chi connectivity index (χ1) is 7.72. The van der Waals surface area contributed by atoms with Crippen LogP contribution in [0.15, 0.2) is 24.3 Å². The number of benzene rings is 1. The van der Waals surface area contributed by atoms with Crippen LogP contribution in [0.1, 0.15) is 18.4 Å². The number of amides is 2. The third kappa shape index (κ3) is 4.52. The van der Waals surface area contributed by atoms with Gasteiger partial charge in [0.05, 0.1) is 0 Å². The number of unbranched alkanes of at least 4 members (excludes halogenated alkanes) is 1. The Hall–Kier alpha value is -1.95. The second-order valence-electron chi connectivity index (χ2n) is 3.55. The van der Waals surface area contributed by atoms with Crippen LogP contribution in [0.2, 0.25) is 0 Å². The van der Waals surface area contributed by atoms with E-state index < -0.39 is 0 Å². The highest BCUT2D eigenvalue weighted by Gasteiger charge is 1.99. The summed E-state index contributed by atoms with van der Waals surface area (Å²) in [7, 11) is 0. The van der Waals surface area contributed by atoms with Crippen LogP contribution in [-0.2, 0) is 0 Å². The second-order valence-corrected chi connectivity index (χ2v) is 3.55. The molecule has 0 saturated carbocycles. The Morgan fingerprint density at radius 3 is 2.69 bits per heavy atom. The molecule has 0 radical (unpaired) electrons. The molecule has 0 fully saturated rings. The minimum Gasteiger partial charge on any atom is -0.338 e. The molecule has 0 atom stereocenters. The highest BCUT2D eigenvalue weighted by molar-refractivity contribution is 5.89. The summed E-state index contributed by atoms with van der Waals surface area (Å²) in [5.74, 6) is 2.53. The summed E-state index contributed by atoms with van der Waals surface area (Å²) in [5, 5.41) is 5.48. The average Bonchev–Trinajstić information content (AvgIpc) is 2.28. The lowest BCUT2D eigenvalue weighted by molar-refractivity contribution is 0.252. The van der Waals surface area contributed by atoms with E-state index in [0.29, 0.717) is 13.0 Å². The Balaban J connectivity index is 2.29. The Morgan fingerprint density at radius 2 is 2.06 bits per heavy atom. The predicted molar refractivity (Wildman–Crippen MR) is 66.3 cm³/mol. The second kappa shape index (κ2) is 6.52. The Bertz CT molecular complexity index is 376. The first-order valence-electron chi connectivity index (χ1n) is 5.27. The summed E-state index contributed by atoms with van der Waals surface area (Å²) >= 11 is 0. The molecule has 1 rings (SSSR count). The minimum absolute atomic E-state index is 0.194. The van der Waals surface area contributed by atoms with Crippen molar-refractivity contribution >= 4 is 11.7 Å². The molecular formula is C13H16N2O. The van der Waals surface area contributed by atoms with Gasteiger partial charge in [-0.2, -0.15) is 0 Å². The average molecular weight is 216 g/mol. The zero-order chi connectivity index (χ0) is 11.8. The maximum Gasteiger partial charge on any atom is 0.319 e. The molecule has 0 aromatic heterocycles. The molecule has 84 valence electrons. The van der Waals surface area contributed by atoms with Crippen LogP contribution in [0.5, 0.6) is 0 Å². The van der Waals surface area contributed by atoms with Gasteiger partial charge >= 0.3 is 6.03 Å². The molecule has 0 spiro atoms. The van der Waals surface area contributed by atoms with Crippen LogP contribution in [0.3, 0.4) is 0 Å². The van der Waals surface area contributed by atoms with Crippen molar-refractivity contribution in [3.8, 4) is 12.3 Å². The molecule has 2 amide bonds. The summed E-state index contributed by atoms with van der Waals surface area (Å²) in [5.41, 5.74) is 1.96. The van der Waals surface area contributed by atoms with Crippen LogP contribution >= 0.6 is 0 Å². The summed E-state index contributed by atoms with van der Waals surface area (Å²) < 4.78 is 0. The number of hydrogen-bond acceptors (Lipinski definition) is 1. The Labute approximate surface area is 96.2 Å². The predicted octanol–water partition coefficient (Wildman–Crippen LogP) is 2.53. The maximum atomic E-state index is 11.4. The van der Waals surface area contributed by atoms with Crippen LogP contribution in [0.4, 0.5) is 10.5 Å². The molecule has 0 unspecified atom stereocenters. The van der Waals surface area contributed by atoms with Crippen molar-refractivity contribution in [3.05, 3.63) is 29.8 Å². The fraction of sp³-hybridized carbons (Fsp3) is 0.308. The van der Waals surface area contributed by atoms with E-state index in [-0.39, 0.29) is 6.03 Å². The fourth-order valence-corrected chi connectivity index (χ4v) is 1.20. The molecule has 0 saturated heterocycles. The van der Waals surface area contributed by atoms with Gasteiger partial charge in [0, 0.05) is 18.7 Å². The Morgan fingerprint density at radius 1 is 1.38 bits per heavy atom. The topological polar surface area (TPSA) is 41.1 Å². The molecule has 0 bridgehead atoms. The summed E-state index contributed by atoms with van der Waals surface area (Å²) in [6, 6.07) is 7.45. The number of terminal acetylenes is 1. The summed E-state index contributed by atoms with van der Waals surface area (Å²) in [6.07, 6.45) is 6.59. The van der Waals surface area contributed by atoms with Gasteiger partial charge < -0.3 is 10.6 Å². The highest BCUT2D eigenvalue weighted by atomic mass is 16.2. The van der Waals surface area contributed by atoms with Crippen molar-refractivity contribution in [3.63, 3.8) is 0 Å². The first kappa shape index (κ1) is 12.1. The van der Waals surface area contributed by atoms with Crippen molar-refractivity contribution < 1.29 is 4.79 Å². The maximum absolute atomic E-state index is 11.4. The van der Waals surface area contributed by atoms with Crippen LogP contribution in [0, 0.1) is 19.3 Å². The van der Waals surface area contributed by atoms with Gasteiger partial charge in [-0.1, -0.05) is 17.7 Å². The fourth-order valence-electron chi connectivity index (χ4n) is 1.20. The zero-order valence-electron chi connectivity index (χ0n) is 9.42. The highest BCUT2D eigenvalue weighted by Crippen LogP contribution is 2.07. The molecule has 2 N–H and O–H groups in total. The van der Waals surface area contributed by atoms with E-state index in [1.54, 1.807) is 0 Å². The van der Waals surface area contributed by atoms with Crippen molar-refractivity contribution in [1.82, 2.24) is 5.32 Å². The van der Waals surface area contributed by atoms with E-state index in [9.17, 15) is 4.79 Å². The number of nitrogens with one attached hydrogen (secondary N) is 2. The lowest BCUT2D eigenvalue weighted by atomic mass is 10.2. The van der Waals surface area contributed by atoms with Gasteiger partial charge in [-0.25, -0.2) is 4.79 Å². The quantitative estimate of drug-likeness (QED) is 0.589. The Kier molecular flexibility index (Phi) is 4.94. The number of carbonyl (C=O) groups excluding carboxylic acids is 1. The number of aryl methyl sites for hydroxylation is 1. The van der Waals surface area contributed by atoms with Crippen molar-refractivity contribution in [2.24, 2.45) is 0 Å². The van der Waals surface area contributed by atoms with Gasteiger partial charge in [0.25, 0.3) is 0 Å². The van der Waals surface area contributed by atoms with Gasteiger partial charge in [0.2, 0.25) is 0 Å².